The zero-order valence-corrected chi connectivity index (χ0v) is 22.7. The van der Waals surface area contributed by atoms with Gasteiger partial charge in [-0.25, -0.2) is 4.79 Å². The Morgan fingerprint density at radius 2 is 1.26 bits per heavy atom. The summed E-state index contributed by atoms with van der Waals surface area (Å²) in [5, 5.41) is 5.57. The van der Waals surface area contributed by atoms with Crippen molar-refractivity contribution < 1.29 is 14.3 Å². The highest BCUT2D eigenvalue weighted by Crippen LogP contribution is 2.50. The number of hydrogen-bond donors (Lipinski definition) is 1. The number of amides is 1. The first-order valence-corrected chi connectivity index (χ1v) is 14.3. The van der Waals surface area contributed by atoms with Crippen molar-refractivity contribution in [2.45, 2.75) is 12.8 Å². The largest absolute Gasteiger partial charge is 0.465 e. The van der Waals surface area contributed by atoms with E-state index >= 15 is 0 Å². The van der Waals surface area contributed by atoms with Crippen molar-refractivity contribution in [3.05, 3.63) is 117 Å². The molecular formula is C30H28N3O5P. The van der Waals surface area contributed by atoms with Crippen LogP contribution >= 0.6 is 6.89 Å². The van der Waals surface area contributed by atoms with Crippen molar-refractivity contribution >= 4 is 45.8 Å². The van der Waals surface area contributed by atoms with Gasteiger partial charge in [0.05, 0.1) is 12.2 Å². The van der Waals surface area contributed by atoms with Gasteiger partial charge >= 0.3 is 11.7 Å². The molecule has 1 aliphatic rings. The number of ether oxygens (including phenoxy) is 1. The maximum absolute atomic E-state index is 14.4. The molecule has 0 fully saturated rings. The van der Waals surface area contributed by atoms with Crippen LogP contribution < -0.4 is 32.5 Å². The summed E-state index contributed by atoms with van der Waals surface area (Å²) >= 11 is 0. The fourth-order valence-corrected chi connectivity index (χ4v) is 9.91. The molecule has 0 saturated carbocycles. The second kappa shape index (κ2) is 10.4. The summed E-state index contributed by atoms with van der Waals surface area (Å²) in [7, 11) is 2.82. The van der Waals surface area contributed by atoms with E-state index < -0.39 is 35.9 Å². The molecular weight excluding hydrogens is 513 g/mol. The van der Waals surface area contributed by atoms with Crippen LogP contribution in [0.3, 0.4) is 0 Å². The lowest BCUT2D eigenvalue weighted by Gasteiger charge is -2.37. The molecule has 1 unspecified atom stereocenters. The highest BCUT2D eigenvalue weighted by molar-refractivity contribution is 7.96. The number of fused-ring (bicyclic) bond motifs is 1. The molecule has 0 aliphatic carbocycles. The summed E-state index contributed by atoms with van der Waals surface area (Å²) < 4.78 is 7.67. The van der Waals surface area contributed by atoms with E-state index in [2.05, 4.69) is 5.32 Å². The lowest BCUT2D eigenvalue weighted by Crippen LogP contribution is -2.51. The smallest absolute Gasteiger partial charge is 0.332 e. The van der Waals surface area contributed by atoms with Gasteiger partial charge in [-0.3, -0.25) is 23.5 Å². The minimum Gasteiger partial charge on any atom is -0.465 e. The molecule has 1 aromatic heterocycles. The van der Waals surface area contributed by atoms with Crippen molar-refractivity contribution in [1.82, 2.24) is 9.13 Å². The van der Waals surface area contributed by atoms with Crippen LogP contribution in [0.25, 0.3) is 0 Å². The Morgan fingerprint density at radius 1 is 0.795 bits per heavy atom. The molecule has 1 aliphatic heterocycles. The Labute approximate surface area is 225 Å². The number of rotatable bonds is 5. The van der Waals surface area contributed by atoms with Crippen LogP contribution in [0, 0.1) is 0 Å². The van der Waals surface area contributed by atoms with Crippen LogP contribution in [0.1, 0.15) is 18.4 Å². The van der Waals surface area contributed by atoms with E-state index in [4.69, 9.17) is 4.74 Å². The zero-order chi connectivity index (χ0) is 27.7. The second-order valence-electron chi connectivity index (χ2n) is 9.17. The lowest BCUT2D eigenvalue weighted by molar-refractivity contribution is -0.143. The fourth-order valence-electron chi connectivity index (χ4n) is 5.34. The van der Waals surface area contributed by atoms with Gasteiger partial charge < -0.3 is 10.1 Å². The van der Waals surface area contributed by atoms with Crippen LogP contribution in [0.4, 0.5) is 5.82 Å². The molecule has 198 valence electrons. The Bertz CT molecular complexity index is 1640. The van der Waals surface area contributed by atoms with Gasteiger partial charge in [0.25, 0.3) is 11.5 Å². The summed E-state index contributed by atoms with van der Waals surface area (Å²) in [6.45, 7) is -1.34. The molecule has 4 aromatic rings. The average molecular weight is 542 g/mol. The molecule has 1 atom stereocenters. The number of benzene rings is 3. The standard InChI is InChI=1S/C30H28N3O5P/c1-4-38-29(36)23-24-26(32(2)30(37)33(3)28(24)35)31-27(34)25(23)39(20-14-8-5-9-15-20,21-16-10-6-11-17-21)22-18-12-7-13-19-22/h5-19,23H,4H2,1-3H3,(H,31,34). The quantitative estimate of drug-likeness (QED) is 0.307. The Kier molecular flexibility index (Phi) is 6.98. The Morgan fingerprint density at radius 3 is 1.69 bits per heavy atom. The summed E-state index contributed by atoms with van der Waals surface area (Å²) in [5.74, 6) is -2.59. The van der Waals surface area contributed by atoms with E-state index in [1.54, 1.807) is 6.92 Å². The molecule has 9 heteroatoms. The SMILES string of the molecule is CCOC(=O)C1C(=P(c2ccccc2)(c2ccccc2)c2ccccc2)C(=O)Nc2c1c(=O)n(C)c(=O)n2C. The Hall–Kier alpha value is -4.42. The maximum atomic E-state index is 14.4. The molecule has 2 heterocycles. The van der Waals surface area contributed by atoms with Crippen molar-refractivity contribution in [3.8, 4) is 0 Å². The van der Waals surface area contributed by atoms with Gasteiger partial charge in [0, 0.05) is 19.4 Å². The predicted octanol–water partition coefficient (Wildman–Crippen LogP) is 1.85. The highest BCUT2D eigenvalue weighted by atomic mass is 31.2. The number of aromatic nitrogens is 2. The third-order valence-corrected chi connectivity index (χ3v) is 11.4. The third-order valence-electron chi connectivity index (χ3n) is 7.04. The van der Waals surface area contributed by atoms with E-state index in [0.717, 1.165) is 20.5 Å². The van der Waals surface area contributed by atoms with Gasteiger partial charge in [0.1, 0.15) is 11.7 Å². The lowest BCUT2D eigenvalue weighted by atomic mass is 9.93. The van der Waals surface area contributed by atoms with Crippen molar-refractivity contribution in [2.24, 2.45) is 14.1 Å². The van der Waals surface area contributed by atoms with Crippen LogP contribution in [0.2, 0.25) is 0 Å². The van der Waals surface area contributed by atoms with E-state index in [-0.39, 0.29) is 23.3 Å². The molecule has 8 nitrogen and oxygen atoms in total. The number of hydrogen-bond acceptors (Lipinski definition) is 5. The van der Waals surface area contributed by atoms with Gasteiger partial charge in [-0.15, -0.1) is 0 Å². The first-order chi connectivity index (χ1) is 18.8. The summed E-state index contributed by atoms with van der Waals surface area (Å²) in [4.78, 5) is 54.7. The molecule has 3 aromatic carbocycles. The predicted molar refractivity (Wildman–Crippen MR) is 155 cm³/mol. The topological polar surface area (TPSA) is 99.4 Å². The maximum Gasteiger partial charge on any atom is 0.332 e. The average Bonchev–Trinajstić information content (AvgIpc) is 2.97. The van der Waals surface area contributed by atoms with E-state index in [1.165, 1.54) is 18.7 Å². The molecule has 1 amide bonds. The number of carbonyl (C=O) groups excluding carboxylic acids is 2. The number of carbonyl (C=O) groups is 2. The third kappa shape index (κ3) is 4.08. The van der Waals surface area contributed by atoms with Crippen molar-refractivity contribution in [3.63, 3.8) is 0 Å². The number of anilines is 1. The fraction of sp³-hybridized carbons (Fsp3) is 0.167. The van der Waals surface area contributed by atoms with Crippen LogP contribution in [-0.2, 0) is 28.4 Å². The molecule has 0 saturated heterocycles. The second-order valence-corrected chi connectivity index (χ2v) is 12.5. The van der Waals surface area contributed by atoms with Gasteiger partial charge in [-0.2, -0.15) is 0 Å². The minimum absolute atomic E-state index is 0.00203. The van der Waals surface area contributed by atoms with E-state index in [1.807, 2.05) is 91.0 Å². The van der Waals surface area contributed by atoms with Crippen molar-refractivity contribution in [2.75, 3.05) is 11.9 Å². The summed E-state index contributed by atoms with van der Waals surface area (Å²) in [6, 6.07) is 28.7. The van der Waals surface area contributed by atoms with Crippen LogP contribution in [0.15, 0.2) is 101 Å². The highest BCUT2D eigenvalue weighted by Gasteiger charge is 2.47. The molecule has 1 N–H and O–H groups in total. The van der Waals surface area contributed by atoms with Gasteiger partial charge in [0.15, 0.2) is 0 Å². The molecule has 39 heavy (non-hydrogen) atoms. The number of nitrogens with one attached hydrogen (secondary N) is 1. The molecule has 5 rings (SSSR count). The minimum atomic E-state index is -3.07. The van der Waals surface area contributed by atoms with Gasteiger partial charge in [-0.05, 0) is 29.7 Å². The number of nitrogens with zero attached hydrogens (tertiary/aromatic N) is 2. The zero-order valence-electron chi connectivity index (χ0n) is 21.8. The monoisotopic (exact) mass is 541 g/mol. The van der Waals surface area contributed by atoms with E-state index in [9.17, 15) is 19.2 Å². The van der Waals surface area contributed by atoms with Crippen LogP contribution in [0.5, 0.6) is 0 Å². The molecule has 0 bridgehead atoms. The molecule has 0 spiro atoms. The van der Waals surface area contributed by atoms with Crippen LogP contribution in [-0.4, -0.2) is 32.9 Å². The Balaban J connectivity index is 2.10. The van der Waals surface area contributed by atoms with Gasteiger partial charge in [0.2, 0.25) is 0 Å². The normalized spacial score (nSPS) is 14.9. The number of esters is 1. The van der Waals surface area contributed by atoms with Crippen molar-refractivity contribution in [1.29, 1.82) is 0 Å². The van der Waals surface area contributed by atoms with Gasteiger partial charge in [-0.1, -0.05) is 91.0 Å². The summed E-state index contributed by atoms with van der Waals surface area (Å²) in [6.07, 6.45) is 0. The van der Waals surface area contributed by atoms with E-state index in [0.29, 0.717) is 0 Å². The summed E-state index contributed by atoms with van der Waals surface area (Å²) in [5.41, 5.74) is -1.25. The first-order valence-electron chi connectivity index (χ1n) is 12.5. The molecule has 0 radical (unpaired) electrons. The first kappa shape index (κ1) is 26.2.